The number of carbonyl (C=O) groups excluding carboxylic acids is 1. The van der Waals surface area contributed by atoms with E-state index in [1.165, 1.54) is 6.20 Å². The van der Waals surface area contributed by atoms with Crippen LogP contribution in [0.2, 0.25) is 0 Å². The van der Waals surface area contributed by atoms with E-state index in [0.717, 1.165) is 13.0 Å². The van der Waals surface area contributed by atoms with E-state index in [-0.39, 0.29) is 5.91 Å². The molecule has 0 spiro atoms. The number of hydrogen-bond acceptors (Lipinski definition) is 2. The Bertz CT molecular complexity index is 133. The van der Waals surface area contributed by atoms with Gasteiger partial charge in [-0.2, -0.15) is 0 Å². The second kappa shape index (κ2) is 2.53. The maximum Gasteiger partial charge on any atom is 0.240 e. The molecule has 0 aromatic rings. The predicted molar refractivity (Wildman–Crippen MR) is 34.3 cm³/mol. The number of nitrogens with zero attached hydrogens (tertiary/aromatic N) is 1. The highest BCUT2D eigenvalue weighted by atomic mass is 16.2. The Morgan fingerprint density at radius 3 is 3.00 bits per heavy atom. The van der Waals surface area contributed by atoms with Gasteiger partial charge in [0, 0.05) is 19.2 Å². The minimum Gasteiger partial charge on any atom is -0.304 e. The molecule has 1 rings (SSSR count). The van der Waals surface area contributed by atoms with Crippen LogP contribution in [0.15, 0.2) is 12.8 Å². The first-order chi connectivity index (χ1) is 4.34. The largest absolute Gasteiger partial charge is 0.304 e. The second-order valence-corrected chi connectivity index (χ2v) is 1.98. The van der Waals surface area contributed by atoms with Crippen LogP contribution in [0.3, 0.4) is 0 Å². The zero-order chi connectivity index (χ0) is 6.69. The van der Waals surface area contributed by atoms with Gasteiger partial charge in [-0.3, -0.25) is 9.80 Å². The lowest BCUT2D eigenvalue weighted by Crippen LogP contribution is -2.34. The Morgan fingerprint density at radius 1 is 1.78 bits per heavy atom. The van der Waals surface area contributed by atoms with E-state index in [4.69, 9.17) is 0 Å². The summed E-state index contributed by atoms with van der Waals surface area (Å²) in [5.41, 5.74) is 2.74. The number of nitrogens with one attached hydrogen (secondary N) is 1. The highest BCUT2D eigenvalue weighted by Gasteiger charge is 2.17. The van der Waals surface area contributed by atoms with Crippen LogP contribution in [0, 0.1) is 0 Å². The SMILES string of the molecule is C=CNN1CCCC1=O. The second-order valence-electron chi connectivity index (χ2n) is 1.98. The van der Waals surface area contributed by atoms with Crippen LogP contribution in [-0.4, -0.2) is 17.5 Å². The molecule has 3 nitrogen and oxygen atoms in total. The smallest absolute Gasteiger partial charge is 0.240 e. The predicted octanol–water partition coefficient (Wildman–Crippen LogP) is 0.257. The van der Waals surface area contributed by atoms with Gasteiger partial charge in [0.05, 0.1) is 0 Å². The molecule has 1 aliphatic rings. The van der Waals surface area contributed by atoms with Crippen molar-refractivity contribution in [2.75, 3.05) is 6.54 Å². The van der Waals surface area contributed by atoms with Crippen molar-refractivity contribution >= 4 is 5.91 Å². The zero-order valence-electron chi connectivity index (χ0n) is 5.26. The fourth-order valence-corrected chi connectivity index (χ4v) is 0.895. The van der Waals surface area contributed by atoms with Crippen molar-refractivity contribution in [3.63, 3.8) is 0 Å². The van der Waals surface area contributed by atoms with Crippen LogP contribution in [0.1, 0.15) is 12.8 Å². The van der Waals surface area contributed by atoms with Crippen molar-refractivity contribution in [1.29, 1.82) is 0 Å². The Morgan fingerprint density at radius 2 is 2.56 bits per heavy atom. The first-order valence-corrected chi connectivity index (χ1v) is 3.02. The van der Waals surface area contributed by atoms with Crippen molar-refractivity contribution in [2.24, 2.45) is 0 Å². The monoisotopic (exact) mass is 126 g/mol. The summed E-state index contributed by atoms with van der Waals surface area (Å²) in [6.45, 7) is 4.26. The van der Waals surface area contributed by atoms with E-state index in [0.29, 0.717) is 6.42 Å². The topological polar surface area (TPSA) is 32.3 Å². The Labute approximate surface area is 54.3 Å². The van der Waals surface area contributed by atoms with E-state index in [9.17, 15) is 4.79 Å². The lowest BCUT2D eigenvalue weighted by molar-refractivity contribution is -0.129. The summed E-state index contributed by atoms with van der Waals surface area (Å²) in [7, 11) is 0. The normalized spacial score (nSPS) is 18.2. The fourth-order valence-electron chi connectivity index (χ4n) is 0.895. The number of hydrazine groups is 1. The van der Waals surface area contributed by atoms with Crippen LogP contribution < -0.4 is 5.43 Å². The summed E-state index contributed by atoms with van der Waals surface area (Å²) >= 11 is 0. The maximum absolute atomic E-state index is 10.8. The molecule has 1 aliphatic heterocycles. The standard InChI is InChI=1S/C6H10N2O/c1-2-7-8-5-3-4-6(8)9/h2,7H,1,3-5H2. The molecule has 9 heavy (non-hydrogen) atoms. The van der Waals surface area contributed by atoms with Gasteiger partial charge in [-0.15, -0.1) is 0 Å². The van der Waals surface area contributed by atoms with Gasteiger partial charge in [-0.1, -0.05) is 6.58 Å². The van der Waals surface area contributed by atoms with Crippen LogP contribution in [-0.2, 0) is 4.79 Å². The molecule has 1 heterocycles. The number of carbonyl (C=O) groups is 1. The average molecular weight is 126 g/mol. The van der Waals surface area contributed by atoms with Crippen LogP contribution in [0.5, 0.6) is 0 Å². The molecule has 0 bridgehead atoms. The maximum atomic E-state index is 10.8. The molecule has 3 heteroatoms. The molecule has 0 aromatic heterocycles. The average Bonchev–Trinajstić information content (AvgIpc) is 2.18. The third-order valence-corrected chi connectivity index (χ3v) is 1.32. The molecule has 0 aromatic carbocycles. The van der Waals surface area contributed by atoms with Crippen LogP contribution in [0.4, 0.5) is 0 Å². The molecule has 0 aliphatic carbocycles. The van der Waals surface area contributed by atoms with Crippen molar-refractivity contribution in [3.8, 4) is 0 Å². The van der Waals surface area contributed by atoms with Crippen molar-refractivity contribution in [1.82, 2.24) is 10.4 Å². The Kier molecular flexibility index (Phi) is 1.72. The molecular formula is C6H10N2O. The molecule has 1 N–H and O–H groups in total. The molecule has 1 amide bonds. The van der Waals surface area contributed by atoms with E-state index >= 15 is 0 Å². The van der Waals surface area contributed by atoms with E-state index < -0.39 is 0 Å². The minimum absolute atomic E-state index is 0.162. The van der Waals surface area contributed by atoms with Gasteiger partial charge in [-0.25, -0.2) is 0 Å². The number of rotatable bonds is 2. The highest BCUT2D eigenvalue weighted by molar-refractivity contribution is 5.77. The van der Waals surface area contributed by atoms with Gasteiger partial charge in [-0.05, 0) is 6.42 Å². The summed E-state index contributed by atoms with van der Waals surface area (Å²) < 4.78 is 0. The lowest BCUT2D eigenvalue weighted by Gasteiger charge is -2.13. The number of hydrogen-bond donors (Lipinski definition) is 1. The summed E-state index contributed by atoms with van der Waals surface area (Å²) in [6, 6.07) is 0. The summed E-state index contributed by atoms with van der Waals surface area (Å²) in [4.78, 5) is 10.8. The zero-order valence-corrected chi connectivity index (χ0v) is 5.26. The van der Waals surface area contributed by atoms with Crippen LogP contribution in [0.25, 0.3) is 0 Å². The van der Waals surface area contributed by atoms with E-state index in [1.807, 2.05) is 0 Å². The molecular weight excluding hydrogens is 116 g/mol. The molecule has 0 atom stereocenters. The fraction of sp³-hybridized carbons (Fsp3) is 0.500. The third kappa shape index (κ3) is 1.22. The van der Waals surface area contributed by atoms with Gasteiger partial charge in [0.15, 0.2) is 0 Å². The minimum atomic E-state index is 0.162. The first-order valence-electron chi connectivity index (χ1n) is 3.02. The lowest BCUT2D eigenvalue weighted by atomic mass is 10.4. The van der Waals surface area contributed by atoms with Crippen molar-refractivity contribution in [3.05, 3.63) is 12.8 Å². The summed E-state index contributed by atoms with van der Waals surface area (Å²) in [6.07, 6.45) is 3.14. The third-order valence-electron chi connectivity index (χ3n) is 1.32. The quantitative estimate of drug-likeness (QED) is 0.575. The Balaban J connectivity index is 2.39. The summed E-state index contributed by atoms with van der Waals surface area (Å²) in [5.74, 6) is 0.162. The first kappa shape index (κ1) is 6.13. The van der Waals surface area contributed by atoms with Crippen molar-refractivity contribution in [2.45, 2.75) is 12.8 Å². The van der Waals surface area contributed by atoms with Gasteiger partial charge >= 0.3 is 0 Å². The van der Waals surface area contributed by atoms with E-state index in [2.05, 4.69) is 12.0 Å². The van der Waals surface area contributed by atoms with Crippen molar-refractivity contribution < 1.29 is 4.79 Å². The molecule has 0 saturated carbocycles. The summed E-state index contributed by atoms with van der Waals surface area (Å²) in [5, 5.41) is 1.58. The molecule has 0 unspecified atom stereocenters. The molecule has 0 radical (unpaired) electrons. The van der Waals surface area contributed by atoms with Gasteiger partial charge in [0.25, 0.3) is 0 Å². The van der Waals surface area contributed by atoms with Gasteiger partial charge < -0.3 is 5.43 Å². The molecule has 50 valence electrons. The molecule has 1 fully saturated rings. The number of amides is 1. The van der Waals surface area contributed by atoms with Gasteiger partial charge in [0.2, 0.25) is 5.91 Å². The Hall–Kier alpha value is -0.990. The van der Waals surface area contributed by atoms with E-state index in [1.54, 1.807) is 5.01 Å². The van der Waals surface area contributed by atoms with Crippen LogP contribution >= 0.6 is 0 Å². The highest BCUT2D eigenvalue weighted by Crippen LogP contribution is 2.05. The molecule has 1 saturated heterocycles. The van der Waals surface area contributed by atoms with Gasteiger partial charge in [0.1, 0.15) is 0 Å².